The Morgan fingerprint density at radius 2 is 2.27 bits per heavy atom. The van der Waals surface area contributed by atoms with Crippen LogP contribution in [0.1, 0.15) is 15.9 Å². The van der Waals surface area contributed by atoms with Crippen molar-refractivity contribution >= 4 is 6.29 Å². The molecule has 78 valence electrons. The van der Waals surface area contributed by atoms with Gasteiger partial charge in [-0.25, -0.2) is 0 Å². The fraction of sp³-hybridized carbons (Fsp3) is 0.182. The highest BCUT2D eigenvalue weighted by molar-refractivity contribution is 5.81. The summed E-state index contributed by atoms with van der Waals surface area (Å²) in [6, 6.07) is 2.72. The normalized spacial score (nSPS) is 8.93. The Kier molecular flexibility index (Phi) is 3.72. The molecule has 1 rings (SSSR count). The Labute approximate surface area is 87.1 Å². The topological polar surface area (TPSA) is 66.8 Å². The van der Waals surface area contributed by atoms with Crippen LogP contribution in [0.5, 0.6) is 11.5 Å². The lowest BCUT2D eigenvalue weighted by molar-refractivity contribution is 0.112. The molecule has 0 atom stereocenters. The van der Waals surface area contributed by atoms with Crippen LogP contribution < -0.4 is 4.74 Å². The number of carbonyl (C=O) groups excluding carboxylic acids is 1. The standard InChI is InChI=1S/C11H10O4/c1-15-11-6-9(7-13)8(3-2-4-12)5-10(11)14/h5-7,12,14H,4H2,1H3. The number of phenols is 1. The monoisotopic (exact) mass is 206 g/mol. The number of methoxy groups -OCH3 is 1. The lowest BCUT2D eigenvalue weighted by Gasteiger charge is -2.05. The van der Waals surface area contributed by atoms with Crippen LogP contribution in [0.2, 0.25) is 0 Å². The van der Waals surface area contributed by atoms with Crippen molar-refractivity contribution in [1.29, 1.82) is 0 Å². The van der Waals surface area contributed by atoms with E-state index in [4.69, 9.17) is 9.84 Å². The second-order valence-corrected chi connectivity index (χ2v) is 2.69. The quantitative estimate of drug-likeness (QED) is 0.548. The van der Waals surface area contributed by atoms with E-state index in [1.165, 1.54) is 19.2 Å². The van der Waals surface area contributed by atoms with Crippen LogP contribution >= 0.6 is 0 Å². The average molecular weight is 206 g/mol. The van der Waals surface area contributed by atoms with Crippen LogP contribution in [0.15, 0.2) is 12.1 Å². The van der Waals surface area contributed by atoms with Gasteiger partial charge in [0.2, 0.25) is 0 Å². The Bertz CT molecular complexity index is 426. The Balaban J connectivity index is 3.27. The van der Waals surface area contributed by atoms with Crippen molar-refractivity contribution in [1.82, 2.24) is 0 Å². The molecule has 0 fully saturated rings. The van der Waals surface area contributed by atoms with Crippen LogP contribution in [0, 0.1) is 11.8 Å². The summed E-state index contributed by atoms with van der Waals surface area (Å²) < 4.78 is 4.84. The highest BCUT2D eigenvalue weighted by atomic mass is 16.5. The fourth-order valence-corrected chi connectivity index (χ4v) is 1.09. The number of benzene rings is 1. The van der Waals surface area contributed by atoms with Crippen LogP contribution in [0.4, 0.5) is 0 Å². The van der Waals surface area contributed by atoms with Crippen molar-refractivity contribution < 1.29 is 19.7 Å². The second-order valence-electron chi connectivity index (χ2n) is 2.69. The molecule has 0 spiro atoms. The maximum atomic E-state index is 10.7. The first-order valence-corrected chi connectivity index (χ1v) is 4.18. The van der Waals surface area contributed by atoms with Crippen molar-refractivity contribution in [2.75, 3.05) is 13.7 Å². The molecule has 0 bridgehead atoms. The summed E-state index contributed by atoms with van der Waals surface area (Å²) in [7, 11) is 1.39. The van der Waals surface area contributed by atoms with Gasteiger partial charge in [0.05, 0.1) is 7.11 Å². The van der Waals surface area contributed by atoms with Crippen molar-refractivity contribution in [2.45, 2.75) is 0 Å². The van der Waals surface area contributed by atoms with Gasteiger partial charge in [-0.15, -0.1) is 0 Å². The summed E-state index contributed by atoms with van der Waals surface area (Å²) in [6.07, 6.45) is 0.614. The number of aliphatic hydroxyl groups is 1. The zero-order valence-corrected chi connectivity index (χ0v) is 8.15. The summed E-state index contributed by atoms with van der Waals surface area (Å²) in [6.45, 7) is -0.301. The smallest absolute Gasteiger partial charge is 0.161 e. The second kappa shape index (κ2) is 5.03. The molecule has 0 saturated carbocycles. The minimum Gasteiger partial charge on any atom is -0.504 e. The Morgan fingerprint density at radius 3 is 2.80 bits per heavy atom. The highest BCUT2D eigenvalue weighted by Crippen LogP contribution is 2.28. The lowest BCUT2D eigenvalue weighted by Crippen LogP contribution is -1.91. The van der Waals surface area contributed by atoms with Gasteiger partial charge in [-0.05, 0) is 6.07 Å². The largest absolute Gasteiger partial charge is 0.504 e. The predicted octanol–water partition coefficient (Wildman–Crippen LogP) is 0.557. The molecular formula is C11H10O4. The summed E-state index contributed by atoms with van der Waals surface area (Å²) in [5, 5.41) is 18.0. The number of carbonyl (C=O) groups is 1. The molecule has 4 heteroatoms. The molecule has 0 radical (unpaired) electrons. The molecule has 0 aliphatic carbocycles. The number of aldehydes is 1. The molecule has 1 aromatic carbocycles. The maximum Gasteiger partial charge on any atom is 0.161 e. The molecule has 0 heterocycles. The van der Waals surface area contributed by atoms with E-state index in [2.05, 4.69) is 11.8 Å². The van der Waals surface area contributed by atoms with Crippen molar-refractivity contribution in [3.05, 3.63) is 23.3 Å². The first-order chi connectivity index (χ1) is 7.22. The van der Waals surface area contributed by atoms with Gasteiger partial charge in [-0.3, -0.25) is 4.79 Å². The van der Waals surface area contributed by atoms with E-state index in [-0.39, 0.29) is 18.1 Å². The van der Waals surface area contributed by atoms with Gasteiger partial charge < -0.3 is 14.9 Å². The van der Waals surface area contributed by atoms with E-state index in [1.807, 2.05) is 0 Å². The van der Waals surface area contributed by atoms with Crippen molar-refractivity contribution in [3.63, 3.8) is 0 Å². The zero-order chi connectivity index (χ0) is 11.3. The van der Waals surface area contributed by atoms with Gasteiger partial charge >= 0.3 is 0 Å². The predicted molar refractivity (Wildman–Crippen MR) is 54.0 cm³/mol. The summed E-state index contributed by atoms with van der Waals surface area (Å²) >= 11 is 0. The lowest BCUT2D eigenvalue weighted by atomic mass is 10.1. The van der Waals surface area contributed by atoms with E-state index in [0.717, 1.165) is 0 Å². The van der Waals surface area contributed by atoms with E-state index < -0.39 is 0 Å². The highest BCUT2D eigenvalue weighted by Gasteiger charge is 2.07. The molecule has 1 aromatic rings. The maximum absolute atomic E-state index is 10.7. The third-order valence-electron chi connectivity index (χ3n) is 1.78. The van der Waals surface area contributed by atoms with E-state index in [1.54, 1.807) is 0 Å². The first-order valence-electron chi connectivity index (χ1n) is 4.18. The molecular weight excluding hydrogens is 196 g/mol. The van der Waals surface area contributed by atoms with Gasteiger partial charge in [-0.1, -0.05) is 11.8 Å². The van der Waals surface area contributed by atoms with Gasteiger partial charge in [0.15, 0.2) is 17.8 Å². The van der Waals surface area contributed by atoms with Crippen molar-refractivity contribution in [3.8, 4) is 23.3 Å². The molecule has 0 aromatic heterocycles. The van der Waals surface area contributed by atoms with E-state index >= 15 is 0 Å². The number of hydrogen-bond acceptors (Lipinski definition) is 4. The number of rotatable bonds is 2. The molecule has 0 amide bonds. The molecule has 0 aliphatic heterocycles. The third-order valence-corrected chi connectivity index (χ3v) is 1.78. The first kappa shape index (κ1) is 11.1. The SMILES string of the molecule is COc1cc(C=O)c(C#CCO)cc1O. The van der Waals surface area contributed by atoms with E-state index in [9.17, 15) is 9.90 Å². The molecule has 2 N–H and O–H groups in total. The van der Waals surface area contributed by atoms with Crippen LogP contribution in [0.25, 0.3) is 0 Å². The number of ether oxygens (including phenoxy) is 1. The summed E-state index contributed by atoms with van der Waals surface area (Å²) in [5.74, 6) is 5.08. The number of aliphatic hydroxyl groups excluding tert-OH is 1. The summed E-state index contributed by atoms with van der Waals surface area (Å²) in [4.78, 5) is 10.7. The Morgan fingerprint density at radius 1 is 1.53 bits per heavy atom. The van der Waals surface area contributed by atoms with Crippen LogP contribution in [-0.4, -0.2) is 30.2 Å². The fourth-order valence-electron chi connectivity index (χ4n) is 1.09. The molecule has 4 nitrogen and oxygen atoms in total. The molecule has 0 aliphatic rings. The van der Waals surface area contributed by atoms with Crippen LogP contribution in [0.3, 0.4) is 0 Å². The van der Waals surface area contributed by atoms with Gasteiger partial charge in [0, 0.05) is 17.2 Å². The number of aromatic hydroxyl groups is 1. The molecule has 0 saturated heterocycles. The summed E-state index contributed by atoms with van der Waals surface area (Å²) in [5.41, 5.74) is 0.669. The molecule has 0 unspecified atom stereocenters. The van der Waals surface area contributed by atoms with Crippen LogP contribution in [-0.2, 0) is 0 Å². The molecule has 15 heavy (non-hydrogen) atoms. The number of phenolic OH excluding ortho intramolecular Hbond substituents is 1. The average Bonchev–Trinajstić information content (AvgIpc) is 2.26. The third kappa shape index (κ3) is 2.48. The van der Waals surface area contributed by atoms with Gasteiger partial charge in [0.1, 0.15) is 6.61 Å². The number of hydrogen-bond donors (Lipinski definition) is 2. The minimum absolute atomic E-state index is 0.0923. The van der Waals surface area contributed by atoms with E-state index in [0.29, 0.717) is 17.4 Å². The minimum atomic E-state index is -0.301. The van der Waals surface area contributed by atoms with Gasteiger partial charge in [-0.2, -0.15) is 0 Å². The van der Waals surface area contributed by atoms with Crippen molar-refractivity contribution in [2.24, 2.45) is 0 Å². The zero-order valence-electron chi connectivity index (χ0n) is 8.15. The van der Waals surface area contributed by atoms with Gasteiger partial charge in [0.25, 0.3) is 0 Å². The Hall–Kier alpha value is -1.99.